The Bertz CT molecular complexity index is 528. The highest BCUT2D eigenvalue weighted by atomic mass is 16.4. The molecule has 0 spiro atoms. The molecule has 0 amide bonds. The van der Waals surface area contributed by atoms with Gasteiger partial charge in [-0.3, -0.25) is 0 Å². The highest BCUT2D eigenvalue weighted by molar-refractivity contribution is 5.83. The predicted octanol–water partition coefficient (Wildman–Crippen LogP) is 1.94. The third-order valence-corrected chi connectivity index (χ3v) is 2.20. The second kappa shape index (κ2) is 3.18. The maximum absolute atomic E-state index is 11.0. The largest absolute Gasteiger partial charge is 0.422 e. The number of nitrogens with two attached hydrogens (primary N) is 1. The lowest BCUT2D eigenvalue weighted by molar-refractivity contribution is 0.557. The maximum Gasteiger partial charge on any atom is 0.336 e. The van der Waals surface area contributed by atoms with Crippen LogP contribution in [0.4, 0.5) is 5.69 Å². The first-order valence-electron chi connectivity index (χ1n) is 4.53. The zero-order chi connectivity index (χ0) is 10.1. The molecule has 0 aliphatic heterocycles. The van der Waals surface area contributed by atoms with Crippen LogP contribution in [0.3, 0.4) is 0 Å². The monoisotopic (exact) mass is 189 g/mol. The van der Waals surface area contributed by atoms with E-state index >= 15 is 0 Å². The summed E-state index contributed by atoms with van der Waals surface area (Å²) in [6.07, 6.45) is 0.800. The summed E-state index contributed by atoms with van der Waals surface area (Å²) in [6, 6.07) is 6.78. The Balaban J connectivity index is 2.88. The molecule has 2 aromatic rings. The molecular formula is C11H11NO2. The van der Waals surface area contributed by atoms with E-state index < -0.39 is 0 Å². The molecular weight excluding hydrogens is 178 g/mol. The number of aryl methyl sites for hydroxylation is 1. The SMILES string of the molecule is CCc1cc(N)cc2ccc(=O)oc12. The molecule has 2 N–H and O–H groups in total. The van der Waals surface area contributed by atoms with Gasteiger partial charge in [-0.1, -0.05) is 6.92 Å². The van der Waals surface area contributed by atoms with E-state index in [1.54, 1.807) is 12.1 Å². The van der Waals surface area contributed by atoms with E-state index in [2.05, 4.69) is 0 Å². The van der Waals surface area contributed by atoms with Crippen molar-refractivity contribution in [2.24, 2.45) is 0 Å². The van der Waals surface area contributed by atoms with Crippen molar-refractivity contribution in [2.75, 3.05) is 5.73 Å². The van der Waals surface area contributed by atoms with Crippen molar-refractivity contribution in [3.05, 3.63) is 40.2 Å². The van der Waals surface area contributed by atoms with E-state index in [0.29, 0.717) is 11.3 Å². The van der Waals surface area contributed by atoms with Crippen molar-refractivity contribution in [2.45, 2.75) is 13.3 Å². The highest BCUT2D eigenvalue weighted by Gasteiger charge is 2.03. The number of benzene rings is 1. The van der Waals surface area contributed by atoms with E-state index in [4.69, 9.17) is 10.2 Å². The molecule has 2 rings (SSSR count). The summed E-state index contributed by atoms with van der Waals surface area (Å²) in [5.41, 5.74) is 7.71. The third kappa shape index (κ3) is 1.37. The fraction of sp³-hybridized carbons (Fsp3) is 0.182. The van der Waals surface area contributed by atoms with Crippen LogP contribution in [-0.4, -0.2) is 0 Å². The van der Waals surface area contributed by atoms with Crippen molar-refractivity contribution in [3.8, 4) is 0 Å². The Morgan fingerprint density at radius 2 is 2.14 bits per heavy atom. The van der Waals surface area contributed by atoms with Gasteiger partial charge in [0.1, 0.15) is 5.58 Å². The van der Waals surface area contributed by atoms with Crippen LogP contribution in [0.2, 0.25) is 0 Å². The van der Waals surface area contributed by atoms with Gasteiger partial charge in [-0.25, -0.2) is 4.79 Å². The predicted molar refractivity (Wildman–Crippen MR) is 56.3 cm³/mol. The fourth-order valence-corrected chi connectivity index (χ4v) is 1.54. The van der Waals surface area contributed by atoms with Crippen LogP contribution >= 0.6 is 0 Å². The lowest BCUT2D eigenvalue weighted by Crippen LogP contribution is -1.97. The number of anilines is 1. The third-order valence-electron chi connectivity index (χ3n) is 2.20. The summed E-state index contributed by atoms with van der Waals surface area (Å²) in [5.74, 6) is 0. The first-order chi connectivity index (χ1) is 6.70. The molecule has 14 heavy (non-hydrogen) atoms. The van der Waals surface area contributed by atoms with Gasteiger partial charge in [0, 0.05) is 17.1 Å². The van der Waals surface area contributed by atoms with Crippen LogP contribution in [0.1, 0.15) is 12.5 Å². The number of rotatable bonds is 1. The van der Waals surface area contributed by atoms with Crippen molar-refractivity contribution < 1.29 is 4.42 Å². The number of fused-ring (bicyclic) bond motifs is 1. The molecule has 1 aromatic heterocycles. The molecule has 0 unspecified atom stereocenters. The average molecular weight is 189 g/mol. The minimum absolute atomic E-state index is 0.322. The van der Waals surface area contributed by atoms with Crippen LogP contribution in [0.25, 0.3) is 11.0 Å². The van der Waals surface area contributed by atoms with Gasteiger partial charge in [-0.15, -0.1) is 0 Å². The molecule has 0 bridgehead atoms. The molecule has 1 aromatic carbocycles. The Morgan fingerprint density at radius 3 is 2.86 bits per heavy atom. The van der Waals surface area contributed by atoms with Gasteiger partial charge in [-0.2, -0.15) is 0 Å². The van der Waals surface area contributed by atoms with E-state index in [1.807, 2.05) is 13.0 Å². The topological polar surface area (TPSA) is 56.2 Å². The first-order valence-corrected chi connectivity index (χ1v) is 4.53. The average Bonchev–Trinajstić information content (AvgIpc) is 2.17. The molecule has 0 fully saturated rings. The summed E-state index contributed by atoms with van der Waals surface area (Å²) in [7, 11) is 0. The van der Waals surface area contributed by atoms with Gasteiger partial charge >= 0.3 is 5.63 Å². The van der Waals surface area contributed by atoms with Gasteiger partial charge in [0.25, 0.3) is 0 Å². The Morgan fingerprint density at radius 1 is 1.36 bits per heavy atom. The number of hydrogen-bond acceptors (Lipinski definition) is 3. The number of nitrogen functional groups attached to an aromatic ring is 1. The quantitative estimate of drug-likeness (QED) is 0.551. The van der Waals surface area contributed by atoms with Gasteiger partial charge in [0.2, 0.25) is 0 Å². The lowest BCUT2D eigenvalue weighted by Gasteiger charge is -2.03. The molecule has 72 valence electrons. The van der Waals surface area contributed by atoms with Crippen LogP contribution in [0.15, 0.2) is 33.5 Å². The molecule has 0 aliphatic carbocycles. The minimum atomic E-state index is -0.322. The molecule has 0 atom stereocenters. The van der Waals surface area contributed by atoms with Crippen LogP contribution in [0.5, 0.6) is 0 Å². The molecule has 0 radical (unpaired) electrons. The normalized spacial score (nSPS) is 10.6. The fourth-order valence-electron chi connectivity index (χ4n) is 1.54. The summed E-state index contributed by atoms with van der Waals surface area (Å²) in [6.45, 7) is 2.00. The standard InChI is InChI=1S/C11H11NO2/c1-2-7-5-9(12)6-8-3-4-10(13)14-11(7)8/h3-6H,2,12H2,1H3. The van der Waals surface area contributed by atoms with E-state index in [0.717, 1.165) is 17.4 Å². The summed E-state index contributed by atoms with van der Waals surface area (Å²) in [5, 5.41) is 0.876. The van der Waals surface area contributed by atoms with E-state index in [1.165, 1.54) is 6.07 Å². The zero-order valence-electron chi connectivity index (χ0n) is 7.91. The summed E-state index contributed by atoms with van der Waals surface area (Å²) >= 11 is 0. The van der Waals surface area contributed by atoms with Gasteiger partial charge in [0.05, 0.1) is 0 Å². The molecule has 0 saturated carbocycles. The Kier molecular flexibility index (Phi) is 2.00. The summed E-state index contributed by atoms with van der Waals surface area (Å²) < 4.78 is 5.13. The molecule has 0 aliphatic rings. The van der Waals surface area contributed by atoms with Gasteiger partial charge in [-0.05, 0) is 30.2 Å². The van der Waals surface area contributed by atoms with Crippen molar-refractivity contribution in [1.82, 2.24) is 0 Å². The second-order valence-electron chi connectivity index (χ2n) is 3.21. The van der Waals surface area contributed by atoms with E-state index in [9.17, 15) is 4.79 Å². The molecule has 3 nitrogen and oxygen atoms in total. The van der Waals surface area contributed by atoms with Crippen LogP contribution in [0, 0.1) is 0 Å². The molecule has 3 heteroatoms. The smallest absolute Gasteiger partial charge is 0.336 e. The maximum atomic E-state index is 11.0. The minimum Gasteiger partial charge on any atom is -0.422 e. The van der Waals surface area contributed by atoms with Crippen molar-refractivity contribution >= 4 is 16.7 Å². The molecule has 0 saturated heterocycles. The summed E-state index contributed by atoms with van der Waals surface area (Å²) in [4.78, 5) is 11.0. The zero-order valence-corrected chi connectivity index (χ0v) is 7.91. The number of hydrogen-bond donors (Lipinski definition) is 1. The first kappa shape index (κ1) is 8.81. The highest BCUT2D eigenvalue weighted by Crippen LogP contribution is 2.21. The van der Waals surface area contributed by atoms with Crippen LogP contribution in [-0.2, 0) is 6.42 Å². The van der Waals surface area contributed by atoms with Gasteiger partial charge in [0.15, 0.2) is 0 Å². The Labute approximate surface area is 81.1 Å². The van der Waals surface area contributed by atoms with Crippen molar-refractivity contribution in [3.63, 3.8) is 0 Å². The second-order valence-corrected chi connectivity index (χ2v) is 3.21. The van der Waals surface area contributed by atoms with Crippen molar-refractivity contribution in [1.29, 1.82) is 0 Å². The lowest BCUT2D eigenvalue weighted by atomic mass is 10.1. The molecule has 1 heterocycles. The van der Waals surface area contributed by atoms with Crippen LogP contribution < -0.4 is 11.4 Å². The van der Waals surface area contributed by atoms with E-state index in [-0.39, 0.29) is 5.63 Å². The van der Waals surface area contributed by atoms with Gasteiger partial charge < -0.3 is 10.2 Å². The Hall–Kier alpha value is -1.77.